The van der Waals surface area contributed by atoms with Gasteiger partial charge >= 0.3 is 0 Å². The van der Waals surface area contributed by atoms with Crippen LogP contribution in [-0.2, 0) is 5.54 Å². The van der Waals surface area contributed by atoms with Crippen LogP contribution in [0.4, 0.5) is 5.69 Å². The van der Waals surface area contributed by atoms with Gasteiger partial charge in [0.1, 0.15) is 5.75 Å². The number of nitrogens with zero attached hydrogens (tertiary/aromatic N) is 1. The fourth-order valence-electron chi connectivity index (χ4n) is 2.46. The first-order valence-corrected chi connectivity index (χ1v) is 6.21. The second-order valence-corrected chi connectivity index (χ2v) is 4.92. The van der Waals surface area contributed by atoms with Crippen molar-refractivity contribution in [3.8, 4) is 5.75 Å². The topological polar surface area (TPSA) is 12.2 Å². The molecule has 1 heterocycles. The first-order chi connectivity index (χ1) is 8.74. The number of rotatable bonds is 3. The van der Waals surface area contributed by atoms with Gasteiger partial charge in [0.15, 0.2) is 0 Å². The molecule has 0 aliphatic carbocycles. The zero-order valence-corrected chi connectivity index (χ0v) is 10.8. The van der Waals surface area contributed by atoms with E-state index in [4.69, 9.17) is 4.74 Å². The monoisotopic (exact) mass is 239 g/mol. The molecule has 3 rings (SSSR count). The molecular formula is C16H17NO. The Morgan fingerprint density at radius 1 is 1.00 bits per heavy atom. The summed E-state index contributed by atoms with van der Waals surface area (Å²) >= 11 is 0. The highest BCUT2D eigenvalue weighted by atomic mass is 16.5. The third-order valence-corrected chi connectivity index (χ3v) is 3.74. The lowest BCUT2D eigenvalue weighted by Gasteiger charge is -2.14. The third-order valence-electron chi connectivity index (χ3n) is 3.74. The molecule has 18 heavy (non-hydrogen) atoms. The summed E-state index contributed by atoms with van der Waals surface area (Å²) in [6.07, 6.45) is 0. The maximum absolute atomic E-state index is 5.19. The van der Waals surface area contributed by atoms with Crippen molar-refractivity contribution in [3.05, 3.63) is 60.2 Å². The number of anilines is 1. The van der Waals surface area contributed by atoms with Crippen LogP contribution in [0.15, 0.2) is 54.6 Å². The van der Waals surface area contributed by atoms with Gasteiger partial charge in [0.25, 0.3) is 0 Å². The van der Waals surface area contributed by atoms with Gasteiger partial charge in [-0.3, -0.25) is 0 Å². The molecule has 0 saturated carbocycles. The summed E-state index contributed by atoms with van der Waals surface area (Å²) in [6, 6.07) is 18.9. The molecule has 1 aliphatic rings. The second-order valence-electron chi connectivity index (χ2n) is 4.92. The van der Waals surface area contributed by atoms with Gasteiger partial charge in [0.05, 0.1) is 12.6 Å². The van der Waals surface area contributed by atoms with Crippen LogP contribution in [0.25, 0.3) is 0 Å². The van der Waals surface area contributed by atoms with E-state index in [-0.39, 0.29) is 5.54 Å². The van der Waals surface area contributed by atoms with Crippen LogP contribution in [-0.4, -0.2) is 13.7 Å². The van der Waals surface area contributed by atoms with Crippen molar-refractivity contribution in [1.29, 1.82) is 0 Å². The quantitative estimate of drug-likeness (QED) is 0.761. The Morgan fingerprint density at radius 3 is 2.28 bits per heavy atom. The van der Waals surface area contributed by atoms with E-state index in [0.717, 1.165) is 12.3 Å². The van der Waals surface area contributed by atoms with Crippen molar-refractivity contribution in [3.63, 3.8) is 0 Å². The number of methoxy groups -OCH3 is 1. The van der Waals surface area contributed by atoms with E-state index in [0.29, 0.717) is 0 Å². The Bertz CT molecular complexity index is 535. The SMILES string of the molecule is COc1ccc(N2CC2(C)c2ccccc2)cc1. The molecular weight excluding hydrogens is 222 g/mol. The van der Waals surface area contributed by atoms with E-state index < -0.39 is 0 Å². The molecule has 1 aliphatic heterocycles. The maximum Gasteiger partial charge on any atom is 0.119 e. The fourth-order valence-corrected chi connectivity index (χ4v) is 2.46. The van der Waals surface area contributed by atoms with E-state index in [9.17, 15) is 0 Å². The van der Waals surface area contributed by atoms with Crippen molar-refractivity contribution < 1.29 is 4.74 Å². The maximum atomic E-state index is 5.19. The van der Waals surface area contributed by atoms with Crippen LogP contribution in [0.5, 0.6) is 5.75 Å². The Hall–Kier alpha value is -1.96. The first-order valence-electron chi connectivity index (χ1n) is 6.21. The smallest absolute Gasteiger partial charge is 0.119 e. The molecule has 2 aromatic rings. The summed E-state index contributed by atoms with van der Waals surface area (Å²) in [5.41, 5.74) is 2.78. The molecule has 2 nitrogen and oxygen atoms in total. The summed E-state index contributed by atoms with van der Waals surface area (Å²) in [5.74, 6) is 0.905. The average Bonchev–Trinajstić information content (AvgIpc) is 3.14. The summed E-state index contributed by atoms with van der Waals surface area (Å²) in [4.78, 5) is 2.40. The number of hydrogen-bond donors (Lipinski definition) is 0. The highest BCUT2D eigenvalue weighted by Crippen LogP contribution is 2.45. The van der Waals surface area contributed by atoms with Crippen LogP contribution < -0.4 is 9.64 Å². The highest BCUT2D eigenvalue weighted by Gasteiger charge is 2.48. The molecule has 92 valence electrons. The van der Waals surface area contributed by atoms with Gasteiger partial charge in [-0.15, -0.1) is 0 Å². The average molecular weight is 239 g/mol. The van der Waals surface area contributed by atoms with Crippen molar-refractivity contribution in [2.75, 3.05) is 18.6 Å². The Morgan fingerprint density at radius 2 is 1.67 bits per heavy atom. The molecule has 1 fully saturated rings. The van der Waals surface area contributed by atoms with Crippen LogP contribution in [0.1, 0.15) is 12.5 Å². The third kappa shape index (κ3) is 1.74. The largest absolute Gasteiger partial charge is 0.497 e. The fraction of sp³-hybridized carbons (Fsp3) is 0.250. The lowest BCUT2D eigenvalue weighted by atomic mass is 10.0. The molecule has 0 amide bonds. The zero-order valence-electron chi connectivity index (χ0n) is 10.8. The summed E-state index contributed by atoms with van der Waals surface area (Å²) in [7, 11) is 1.69. The first kappa shape index (κ1) is 11.1. The zero-order chi connectivity index (χ0) is 12.6. The van der Waals surface area contributed by atoms with Gasteiger partial charge in [0.2, 0.25) is 0 Å². The molecule has 1 atom stereocenters. The predicted octanol–water partition coefficient (Wildman–Crippen LogP) is 3.43. The molecule has 2 heteroatoms. The Balaban J connectivity index is 1.84. The van der Waals surface area contributed by atoms with Gasteiger partial charge < -0.3 is 9.64 Å². The molecule has 0 aromatic heterocycles. The van der Waals surface area contributed by atoms with E-state index in [1.165, 1.54) is 11.3 Å². The number of ether oxygens (including phenoxy) is 1. The summed E-state index contributed by atoms with van der Waals surface area (Å²) in [6.45, 7) is 3.36. The standard InChI is InChI=1S/C16H17NO/c1-16(13-6-4-3-5-7-13)12-17(16)14-8-10-15(18-2)11-9-14/h3-11H,12H2,1-2H3. The minimum absolute atomic E-state index is 0.149. The van der Waals surface area contributed by atoms with Crippen molar-refractivity contribution in [1.82, 2.24) is 0 Å². The number of benzene rings is 2. The van der Waals surface area contributed by atoms with E-state index in [1.807, 2.05) is 12.1 Å². The van der Waals surface area contributed by atoms with Crippen LogP contribution >= 0.6 is 0 Å². The van der Waals surface area contributed by atoms with E-state index in [2.05, 4.69) is 54.3 Å². The van der Waals surface area contributed by atoms with Gasteiger partial charge in [0, 0.05) is 12.2 Å². The van der Waals surface area contributed by atoms with Gasteiger partial charge in [-0.2, -0.15) is 0 Å². The minimum atomic E-state index is 0.149. The van der Waals surface area contributed by atoms with Crippen molar-refractivity contribution in [2.24, 2.45) is 0 Å². The lowest BCUT2D eigenvalue weighted by molar-refractivity contribution is 0.415. The molecule has 0 radical (unpaired) electrons. The Kier molecular flexibility index (Phi) is 2.51. The summed E-state index contributed by atoms with van der Waals surface area (Å²) in [5, 5.41) is 0. The molecule has 1 saturated heterocycles. The van der Waals surface area contributed by atoms with Crippen molar-refractivity contribution in [2.45, 2.75) is 12.5 Å². The second kappa shape index (κ2) is 4.05. The number of hydrogen-bond acceptors (Lipinski definition) is 2. The minimum Gasteiger partial charge on any atom is -0.497 e. The van der Waals surface area contributed by atoms with E-state index in [1.54, 1.807) is 7.11 Å². The molecule has 0 spiro atoms. The van der Waals surface area contributed by atoms with E-state index >= 15 is 0 Å². The van der Waals surface area contributed by atoms with Gasteiger partial charge in [-0.25, -0.2) is 0 Å². The predicted molar refractivity (Wildman–Crippen MR) is 74.1 cm³/mol. The molecule has 2 aromatic carbocycles. The molecule has 0 N–H and O–H groups in total. The van der Waals surface area contributed by atoms with Crippen LogP contribution in [0.3, 0.4) is 0 Å². The van der Waals surface area contributed by atoms with Gasteiger partial charge in [-0.1, -0.05) is 30.3 Å². The summed E-state index contributed by atoms with van der Waals surface area (Å²) < 4.78 is 5.19. The van der Waals surface area contributed by atoms with Crippen molar-refractivity contribution >= 4 is 5.69 Å². The highest BCUT2D eigenvalue weighted by molar-refractivity contribution is 5.61. The Labute approximate surface area is 108 Å². The molecule has 1 unspecified atom stereocenters. The van der Waals surface area contributed by atoms with Crippen LogP contribution in [0, 0.1) is 0 Å². The molecule has 0 bridgehead atoms. The van der Waals surface area contributed by atoms with Gasteiger partial charge in [-0.05, 0) is 36.8 Å². The normalized spacial score (nSPS) is 21.8. The van der Waals surface area contributed by atoms with Crippen LogP contribution in [0.2, 0.25) is 0 Å². The lowest BCUT2D eigenvalue weighted by Crippen LogP contribution is -2.10.